The van der Waals surface area contributed by atoms with Gasteiger partial charge in [0.1, 0.15) is 5.56 Å². The number of thioether (sulfide) groups is 1. The molecule has 0 saturated heterocycles. The van der Waals surface area contributed by atoms with Crippen molar-refractivity contribution in [3.05, 3.63) is 51.8 Å². The van der Waals surface area contributed by atoms with Crippen LogP contribution in [0.3, 0.4) is 0 Å². The van der Waals surface area contributed by atoms with Crippen LogP contribution in [-0.2, 0) is 0 Å². The minimum atomic E-state index is -1.21. The second kappa shape index (κ2) is 5.32. The number of rotatable bonds is 3. The summed E-state index contributed by atoms with van der Waals surface area (Å²) in [6.07, 6.45) is 1.75. The maximum absolute atomic E-state index is 11.9. The molecule has 98 valence electrons. The largest absolute Gasteiger partial charge is 0.477 e. The van der Waals surface area contributed by atoms with Crippen molar-refractivity contribution in [2.24, 2.45) is 0 Å². The lowest BCUT2D eigenvalue weighted by atomic mass is 10.1. The molecule has 0 aliphatic carbocycles. The molecule has 0 saturated carbocycles. The van der Waals surface area contributed by atoms with Crippen molar-refractivity contribution in [1.29, 1.82) is 0 Å². The van der Waals surface area contributed by atoms with Crippen molar-refractivity contribution >= 4 is 17.7 Å². The normalized spacial score (nSPS) is 10.4. The van der Waals surface area contributed by atoms with E-state index in [2.05, 4.69) is 4.98 Å². The predicted octanol–water partition coefficient (Wildman–Crippen LogP) is 2.77. The molecule has 2 rings (SSSR count). The van der Waals surface area contributed by atoms with E-state index in [1.165, 1.54) is 11.8 Å². The lowest BCUT2D eigenvalue weighted by molar-refractivity contribution is 0.0691. The molecule has 1 aromatic carbocycles. The van der Waals surface area contributed by atoms with Gasteiger partial charge in [-0.05, 0) is 24.8 Å². The molecule has 1 aromatic heterocycles. The summed E-state index contributed by atoms with van der Waals surface area (Å²) >= 11 is 1.25. The molecule has 1 heterocycles. The van der Waals surface area contributed by atoms with E-state index in [0.717, 1.165) is 11.1 Å². The van der Waals surface area contributed by atoms with Crippen molar-refractivity contribution in [3.63, 3.8) is 0 Å². The maximum Gasteiger partial charge on any atom is 0.342 e. The van der Waals surface area contributed by atoms with Crippen molar-refractivity contribution in [3.8, 4) is 11.3 Å². The zero-order chi connectivity index (χ0) is 14.0. The average Bonchev–Trinajstić information content (AvgIpc) is 2.38. The van der Waals surface area contributed by atoms with E-state index >= 15 is 0 Å². The second-order valence-electron chi connectivity index (χ2n) is 4.13. The number of aromatic carboxylic acids is 1. The van der Waals surface area contributed by atoms with E-state index in [1.54, 1.807) is 12.3 Å². The predicted molar refractivity (Wildman–Crippen MR) is 76.0 cm³/mol. The Balaban J connectivity index is 2.61. The van der Waals surface area contributed by atoms with E-state index in [1.807, 2.05) is 31.2 Å². The standard InChI is InChI=1S/C14H13NO3S/c1-8-3-5-9(6-4-8)10-7-11(19-2)12(14(17)18)13(16)15-10/h3-7H,1-2H3,(H,15,16)(H,17,18). The Labute approximate surface area is 114 Å². The van der Waals surface area contributed by atoms with Gasteiger partial charge < -0.3 is 10.1 Å². The lowest BCUT2D eigenvalue weighted by Crippen LogP contribution is -2.19. The Kier molecular flexibility index (Phi) is 3.76. The molecule has 19 heavy (non-hydrogen) atoms. The van der Waals surface area contributed by atoms with Crippen molar-refractivity contribution in [1.82, 2.24) is 4.98 Å². The number of carbonyl (C=O) groups is 1. The van der Waals surface area contributed by atoms with Crippen molar-refractivity contribution in [2.45, 2.75) is 11.8 Å². The summed E-state index contributed by atoms with van der Waals surface area (Å²) in [6.45, 7) is 1.98. The number of benzene rings is 1. The van der Waals surface area contributed by atoms with Gasteiger partial charge in [0.05, 0.1) is 0 Å². The first-order chi connectivity index (χ1) is 9.02. The summed E-state index contributed by atoms with van der Waals surface area (Å²) in [4.78, 5) is 26.0. The summed E-state index contributed by atoms with van der Waals surface area (Å²) in [7, 11) is 0. The molecule has 2 N–H and O–H groups in total. The second-order valence-corrected chi connectivity index (χ2v) is 4.97. The number of carboxylic acid groups (broad SMARTS) is 1. The van der Waals surface area contributed by atoms with Crippen molar-refractivity contribution in [2.75, 3.05) is 6.26 Å². The molecule has 0 amide bonds. The smallest absolute Gasteiger partial charge is 0.342 e. The topological polar surface area (TPSA) is 70.2 Å². The Hall–Kier alpha value is -2.01. The molecule has 4 nitrogen and oxygen atoms in total. The van der Waals surface area contributed by atoms with Gasteiger partial charge in [0.25, 0.3) is 5.56 Å². The zero-order valence-electron chi connectivity index (χ0n) is 10.6. The average molecular weight is 275 g/mol. The Bertz CT molecular complexity index is 674. The molecule has 0 unspecified atom stereocenters. The van der Waals surface area contributed by atoms with Gasteiger partial charge in [-0.25, -0.2) is 4.79 Å². The van der Waals surface area contributed by atoms with Gasteiger partial charge in [-0.1, -0.05) is 29.8 Å². The number of hydrogen-bond donors (Lipinski definition) is 2. The van der Waals surface area contributed by atoms with Gasteiger partial charge in [-0.2, -0.15) is 0 Å². The minimum absolute atomic E-state index is 0.205. The van der Waals surface area contributed by atoms with Crippen molar-refractivity contribution < 1.29 is 9.90 Å². The Morgan fingerprint density at radius 3 is 2.42 bits per heavy atom. The van der Waals surface area contributed by atoms with Gasteiger partial charge in [0.15, 0.2) is 0 Å². The molecule has 0 spiro atoms. The van der Waals surface area contributed by atoms with Gasteiger partial charge in [0.2, 0.25) is 0 Å². The SMILES string of the molecule is CSc1cc(-c2ccc(C)cc2)[nH]c(=O)c1C(=O)O. The van der Waals surface area contributed by atoms with Crippen LogP contribution in [0, 0.1) is 6.92 Å². The lowest BCUT2D eigenvalue weighted by Gasteiger charge is -2.07. The first kappa shape index (κ1) is 13.4. The zero-order valence-corrected chi connectivity index (χ0v) is 11.4. The number of H-pyrrole nitrogens is 1. The third kappa shape index (κ3) is 2.71. The van der Waals surface area contributed by atoms with Crippen LogP contribution in [0.5, 0.6) is 0 Å². The Morgan fingerprint density at radius 2 is 1.89 bits per heavy atom. The molecule has 0 atom stereocenters. The number of nitrogens with one attached hydrogen (secondary N) is 1. The number of aryl methyl sites for hydroxylation is 1. The third-order valence-corrected chi connectivity index (χ3v) is 3.56. The number of hydrogen-bond acceptors (Lipinski definition) is 3. The molecular formula is C14H13NO3S. The van der Waals surface area contributed by atoms with E-state index < -0.39 is 11.5 Å². The summed E-state index contributed by atoms with van der Waals surface area (Å²) in [5.41, 5.74) is 1.82. The van der Waals surface area contributed by atoms with Gasteiger partial charge in [0, 0.05) is 10.6 Å². The van der Waals surface area contributed by atoms with Crippen LogP contribution in [0.4, 0.5) is 0 Å². The minimum Gasteiger partial charge on any atom is -0.477 e. The Morgan fingerprint density at radius 1 is 1.26 bits per heavy atom. The summed E-state index contributed by atoms with van der Waals surface area (Å²) in [6, 6.07) is 9.37. The number of aromatic amines is 1. The summed E-state index contributed by atoms with van der Waals surface area (Å²) < 4.78 is 0. The third-order valence-electron chi connectivity index (χ3n) is 2.79. The summed E-state index contributed by atoms with van der Waals surface area (Å²) in [5, 5.41) is 9.04. The molecule has 2 aromatic rings. The monoisotopic (exact) mass is 275 g/mol. The number of carboxylic acids is 1. The van der Waals surface area contributed by atoms with E-state index in [0.29, 0.717) is 10.6 Å². The first-order valence-corrected chi connectivity index (χ1v) is 6.87. The van der Waals surface area contributed by atoms with Crippen LogP contribution < -0.4 is 5.56 Å². The molecule has 0 fully saturated rings. The molecular weight excluding hydrogens is 262 g/mol. The first-order valence-electron chi connectivity index (χ1n) is 5.64. The fraction of sp³-hybridized carbons (Fsp3) is 0.143. The highest BCUT2D eigenvalue weighted by atomic mass is 32.2. The highest BCUT2D eigenvalue weighted by molar-refractivity contribution is 7.98. The molecule has 5 heteroatoms. The summed E-state index contributed by atoms with van der Waals surface area (Å²) in [5.74, 6) is -1.21. The molecule has 0 bridgehead atoms. The highest BCUT2D eigenvalue weighted by Crippen LogP contribution is 2.24. The van der Waals surface area contributed by atoms with Gasteiger partial charge >= 0.3 is 5.97 Å². The van der Waals surface area contributed by atoms with E-state index in [-0.39, 0.29) is 5.56 Å². The maximum atomic E-state index is 11.9. The van der Waals surface area contributed by atoms with Crippen LogP contribution in [0.15, 0.2) is 40.0 Å². The molecule has 0 radical (unpaired) electrons. The van der Waals surface area contributed by atoms with Gasteiger partial charge in [-0.15, -0.1) is 11.8 Å². The highest BCUT2D eigenvalue weighted by Gasteiger charge is 2.16. The van der Waals surface area contributed by atoms with Crippen LogP contribution >= 0.6 is 11.8 Å². The quantitative estimate of drug-likeness (QED) is 0.845. The van der Waals surface area contributed by atoms with E-state index in [4.69, 9.17) is 5.11 Å². The fourth-order valence-corrected chi connectivity index (χ4v) is 2.41. The van der Waals surface area contributed by atoms with E-state index in [9.17, 15) is 9.59 Å². The molecule has 0 aliphatic heterocycles. The molecule has 0 aliphatic rings. The van der Waals surface area contributed by atoms with Crippen LogP contribution in [0.2, 0.25) is 0 Å². The van der Waals surface area contributed by atoms with Crippen LogP contribution in [-0.4, -0.2) is 22.3 Å². The van der Waals surface area contributed by atoms with Gasteiger partial charge in [-0.3, -0.25) is 4.79 Å². The fourth-order valence-electron chi connectivity index (χ4n) is 1.79. The number of pyridine rings is 1. The van der Waals surface area contributed by atoms with Crippen LogP contribution in [0.1, 0.15) is 15.9 Å². The van der Waals surface area contributed by atoms with Crippen LogP contribution in [0.25, 0.3) is 11.3 Å². The number of aromatic nitrogens is 1.